The summed E-state index contributed by atoms with van der Waals surface area (Å²) >= 11 is 0. The molecule has 0 atom stereocenters. The number of piperazine rings is 1. The van der Waals surface area contributed by atoms with Crippen LogP contribution in [0.1, 0.15) is 16.7 Å². The molecule has 37 heavy (non-hydrogen) atoms. The Hall–Kier alpha value is -3.62. The Bertz CT molecular complexity index is 1310. The number of aryl methyl sites for hydroxylation is 2. The van der Waals surface area contributed by atoms with Gasteiger partial charge in [-0.15, -0.1) is 0 Å². The van der Waals surface area contributed by atoms with E-state index in [0.29, 0.717) is 24.5 Å². The van der Waals surface area contributed by atoms with Crippen LogP contribution in [0, 0.1) is 13.8 Å². The summed E-state index contributed by atoms with van der Waals surface area (Å²) in [5, 5.41) is 0. The number of hydrogen-bond donors (Lipinski definition) is 1. The predicted molar refractivity (Wildman–Crippen MR) is 147 cm³/mol. The van der Waals surface area contributed by atoms with Crippen LogP contribution in [0.2, 0.25) is 0 Å². The number of nitrogens with zero attached hydrogens (tertiary/aromatic N) is 2. The van der Waals surface area contributed by atoms with Crippen molar-refractivity contribution in [1.29, 1.82) is 0 Å². The van der Waals surface area contributed by atoms with Crippen molar-refractivity contribution in [1.82, 2.24) is 9.80 Å². The van der Waals surface area contributed by atoms with E-state index < -0.39 is 10.0 Å². The Kier molecular flexibility index (Phi) is 8.63. The van der Waals surface area contributed by atoms with Gasteiger partial charge in [-0.1, -0.05) is 48.6 Å². The second-order valence-corrected chi connectivity index (χ2v) is 10.9. The first-order valence-electron chi connectivity index (χ1n) is 12.3. The molecule has 194 valence electrons. The van der Waals surface area contributed by atoms with Gasteiger partial charge in [-0.25, -0.2) is 8.42 Å². The third kappa shape index (κ3) is 7.68. The molecular formula is C29H33N3O4S. The Labute approximate surface area is 219 Å². The van der Waals surface area contributed by atoms with Crippen LogP contribution in [0.5, 0.6) is 5.75 Å². The number of amides is 1. The highest BCUT2D eigenvalue weighted by Crippen LogP contribution is 2.21. The minimum Gasteiger partial charge on any atom is -0.484 e. The first-order chi connectivity index (χ1) is 17.8. The van der Waals surface area contributed by atoms with Gasteiger partial charge in [0.05, 0.1) is 4.90 Å². The molecule has 3 aromatic carbocycles. The van der Waals surface area contributed by atoms with Gasteiger partial charge in [-0.2, -0.15) is 0 Å². The van der Waals surface area contributed by atoms with Crippen LogP contribution in [0.15, 0.2) is 83.8 Å². The van der Waals surface area contributed by atoms with Crippen LogP contribution >= 0.6 is 0 Å². The van der Waals surface area contributed by atoms with Crippen molar-refractivity contribution in [3.63, 3.8) is 0 Å². The average molecular weight is 520 g/mol. The van der Waals surface area contributed by atoms with Gasteiger partial charge in [0.25, 0.3) is 15.9 Å². The van der Waals surface area contributed by atoms with Crippen molar-refractivity contribution in [2.45, 2.75) is 18.7 Å². The van der Waals surface area contributed by atoms with Gasteiger partial charge in [0.15, 0.2) is 6.61 Å². The molecule has 0 radical (unpaired) electrons. The third-order valence-corrected chi connectivity index (χ3v) is 7.57. The molecule has 1 fully saturated rings. The monoisotopic (exact) mass is 519 g/mol. The number of carbonyl (C=O) groups is 1. The number of sulfonamides is 1. The lowest BCUT2D eigenvalue weighted by atomic mass is 10.1. The molecule has 1 heterocycles. The number of anilines is 1. The molecule has 1 amide bonds. The van der Waals surface area contributed by atoms with Crippen molar-refractivity contribution in [3.05, 3.63) is 95.6 Å². The van der Waals surface area contributed by atoms with E-state index in [1.54, 1.807) is 24.3 Å². The molecule has 4 rings (SSSR count). The van der Waals surface area contributed by atoms with E-state index in [2.05, 4.69) is 33.9 Å². The van der Waals surface area contributed by atoms with Crippen LogP contribution in [0.3, 0.4) is 0 Å². The molecule has 1 aliphatic heterocycles. The van der Waals surface area contributed by atoms with Crippen molar-refractivity contribution in [3.8, 4) is 5.75 Å². The van der Waals surface area contributed by atoms with Gasteiger partial charge in [-0.3, -0.25) is 14.4 Å². The van der Waals surface area contributed by atoms with E-state index >= 15 is 0 Å². The molecular weight excluding hydrogens is 486 g/mol. The molecule has 1 N–H and O–H groups in total. The fraction of sp³-hybridized carbons (Fsp3) is 0.276. The number of ether oxygens (including phenoxy) is 1. The second-order valence-electron chi connectivity index (χ2n) is 9.24. The lowest BCUT2D eigenvalue weighted by Gasteiger charge is -2.34. The van der Waals surface area contributed by atoms with Gasteiger partial charge >= 0.3 is 0 Å². The highest BCUT2D eigenvalue weighted by atomic mass is 32.2. The van der Waals surface area contributed by atoms with Crippen molar-refractivity contribution in [2.75, 3.05) is 44.1 Å². The molecule has 1 saturated heterocycles. The van der Waals surface area contributed by atoms with Crippen LogP contribution in [0.25, 0.3) is 6.08 Å². The maximum atomic E-state index is 12.8. The highest BCUT2D eigenvalue weighted by molar-refractivity contribution is 7.92. The quantitative estimate of drug-likeness (QED) is 0.455. The maximum Gasteiger partial charge on any atom is 0.261 e. The summed E-state index contributed by atoms with van der Waals surface area (Å²) in [6, 6.07) is 21.8. The fourth-order valence-corrected chi connectivity index (χ4v) is 5.32. The smallest absolute Gasteiger partial charge is 0.261 e. The number of hydrogen-bond acceptors (Lipinski definition) is 5. The lowest BCUT2D eigenvalue weighted by Crippen LogP contribution is -2.49. The molecule has 0 aromatic heterocycles. The molecule has 8 heteroatoms. The minimum atomic E-state index is -3.73. The topological polar surface area (TPSA) is 78.9 Å². The first kappa shape index (κ1) is 26.4. The Morgan fingerprint density at radius 1 is 0.919 bits per heavy atom. The molecule has 1 aliphatic rings. The minimum absolute atomic E-state index is 0.0762. The van der Waals surface area contributed by atoms with Gasteiger partial charge in [-0.05, 0) is 66.9 Å². The summed E-state index contributed by atoms with van der Waals surface area (Å²) in [5.74, 6) is 0.371. The summed E-state index contributed by atoms with van der Waals surface area (Å²) in [6.07, 6.45) is 4.26. The Balaban J connectivity index is 1.22. The van der Waals surface area contributed by atoms with Crippen molar-refractivity contribution in [2.24, 2.45) is 0 Å². The van der Waals surface area contributed by atoms with E-state index in [0.717, 1.165) is 30.8 Å². The zero-order valence-corrected chi connectivity index (χ0v) is 22.1. The first-order valence-corrected chi connectivity index (χ1v) is 13.8. The van der Waals surface area contributed by atoms with Gasteiger partial charge < -0.3 is 9.64 Å². The Morgan fingerprint density at radius 2 is 1.57 bits per heavy atom. The molecule has 7 nitrogen and oxygen atoms in total. The van der Waals surface area contributed by atoms with Crippen molar-refractivity contribution >= 4 is 27.7 Å². The maximum absolute atomic E-state index is 12.8. The summed E-state index contributed by atoms with van der Waals surface area (Å²) in [7, 11) is -3.73. The van der Waals surface area contributed by atoms with Gasteiger partial charge in [0.2, 0.25) is 0 Å². The molecule has 0 saturated carbocycles. The molecule has 0 aliphatic carbocycles. The summed E-state index contributed by atoms with van der Waals surface area (Å²) in [6.45, 7) is 7.54. The number of benzene rings is 3. The van der Waals surface area contributed by atoms with Gasteiger partial charge in [0, 0.05) is 38.4 Å². The molecule has 3 aromatic rings. The summed E-state index contributed by atoms with van der Waals surface area (Å²) in [4.78, 5) is 16.9. The molecule has 0 unspecified atom stereocenters. The number of carbonyl (C=O) groups excluding carboxylic acids is 1. The molecule has 0 bridgehead atoms. The zero-order chi connectivity index (χ0) is 26.3. The van der Waals surface area contributed by atoms with Crippen LogP contribution in [0.4, 0.5) is 5.69 Å². The predicted octanol–water partition coefficient (Wildman–Crippen LogP) is 4.34. The normalized spacial score (nSPS) is 14.6. The zero-order valence-electron chi connectivity index (χ0n) is 21.3. The van der Waals surface area contributed by atoms with Crippen LogP contribution in [-0.2, 0) is 14.8 Å². The number of nitrogens with one attached hydrogen (secondary N) is 1. The van der Waals surface area contributed by atoms with E-state index in [9.17, 15) is 13.2 Å². The average Bonchev–Trinajstić information content (AvgIpc) is 2.88. The largest absolute Gasteiger partial charge is 0.484 e. The van der Waals surface area contributed by atoms with Crippen LogP contribution < -0.4 is 9.46 Å². The lowest BCUT2D eigenvalue weighted by molar-refractivity contribution is -0.135. The van der Waals surface area contributed by atoms with Gasteiger partial charge in [0.1, 0.15) is 5.75 Å². The van der Waals surface area contributed by atoms with E-state index in [-0.39, 0.29) is 17.4 Å². The molecule has 0 spiro atoms. The highest BCUT2D eigenvalue weighted by Gasteiger charge is 2.21. The summed E-state index contributed by atoms with van der Waals surface area (Å²) < 4.78 is 33.8. The Morgan fingerprint density at radius 3 is 2.22 bits per heavy atom. The summed E-state index contributed by atoms with van der Waals surface area (Å²) in [5.41, 5.74) is 3.66. The van der Waals surface area contributed by atoms with Crippen molar-refractivity contribution < 1.29 is 17.9 Å². The van der Waals surface area contributed by atoms with E-state index in [1.807, 2.05) is 43.0 Å². The fourth-order valence-electron chi connectivity index (χ4n) is 4.28. The SMILES string of the molecule is Cc1cc(C)cc(NS(=O)(=O)c2ccc(OCC(=O)N3CCN(C/C=C/c4ccccc4)CC3)cc2)c1. The van der Waals surface area contributed by atoms with E-state index in [4.69, 9.17) is 4.74 Å². The van der Waals surface area contributed by atoms with Crippen LogP contribution in [-0.4, -0.2) is 63.5 Å². The standard InChI is InChI=1S/C29H33N3O4S/c1-23-19-24(2)21-26(20-23)30-37(34,35)28-12-10-27(11-13-28)36-22-29(33)32-17-15-31(16-18-32)14-6-9-25-7-4-3-5-8-25/h3-13,19-21,30H,14-18,22H2,1-2H3/b9-6+. The van der Waals surface area contributed by atoms with E-state index in [1.165, 1.54) is 17.7 Å². The second kappa shape index (κ2) is 12.1. The third-order valence-electron chi connectivity index (χ3n) is 6.17. The number of rotatable bonds is 9.